The minimum absolute atomic E-state index is 0.0622. The Hall–Kier alpha value is -2.73. The topological polar surface area (TPSA) is 63.2 Å². The molecule has 2 aromatic carbocycles. The molecule has 6 nitrogen and oxygen atoms in total. The molecule has 1 aliphatic rings. The summed E-state index contributed by atoms with van der Waals surface area (Å²) in [6.07, 6.45) is 1.63. The predicted octanol–water partition coefficient (Wildman–Crippen LogP) is 4.45. The van der Waals surface area contributed by atoms with Crippen LogP contribution in [-0.2, 0) is 11.2 Å². The van der Waals surface area contributed by atoms with Crippen molar-refractivity contribution in [1.29, 1.82) is 0 Å². The number of benzene rings is 1. The molecule has 0 saturated heterocycles. The van der Waals surface area contributed by atoms with E-state index in [1.165, 1.54) is 7.11 Å². The molecule has 1 aliphatic carbocycles. The summed E-state index contributed by atoms with van der Waals surface area (Å²) in [6, 6.07) is 7.35. The maximum absolute atomic E-state index is 12.8. The quantitative estimate of drug-likeness (QED) is 0.619. The van der Waals surface area contributed by atoms with Crippen LogP contribution in [0.15, 0.2) is 29.1 Å². The minimum atomic E-state index is -0.154. The molecule has 0 N–H and O–H groups in total. The smallest absolute Gasteiger partial charge is 0.220 e. The van der Waals surface area contributed by atoms with Gasteiger partial charge in [-0.3, -0.25) is 4.79 Å². The normalized spacial score (nSPS) is 15.0. The van der Waals surface area contributed by atoms with Gasteiger partial charge in [0.15, 0.2) is 17.2 Å². The molecular formula is C25H32O6. The van der Waals surface area contributed by atoms with Crippen molar-refractivity contribution in [2.45, 2.75) is 32.6 Å². The number of hydrogen-bond donors (Lipinski definition) is 0. The van der Waals surface area contributed by atoms with Crippen LogP contribution in [0.4, 0.5) is 0 Å². The van der Waals surface area contributed by atoms with E-state index in [0.29, 0.717) is 42.1 Å². The fourth-order valence-corrected chi connectivity index (χ4v) is 4.11. The molecule has 1 unspecified atom stereocenters. The molecule has 0 heterocycles. The molecule has 3 rings (SSSR count). The van der Waals surface area contributed by atoms with Crippen LogP contribution in [0.2, 0.25) is 0 Å². The number of ether oxygens (including phenoxy) is 5. The van der Waals surface area contributed by atoms with Gasteiger partial charge in [0, 0.05) is 18.6 Å². The van der Waals surface area contributed by atoms with E-state index in [1.807, 2.05) is 12.1 Å². The number of hydrogen-bond acceptors (Lipinski definition) is 6. The van der Waals surface area contributed by atoms with Gasteiger partial charge in [-0.25, -0.2) is 0 Å². The van der Waals surface area contributed by atoms with Gasteiger partial charge in [-0.15, -0.1) is 0 Å². The summed E-state index contributed by atoms with van der Waals surface area (Å²) in [6.45, 7) is 5.25. The van der Waals surface area contributed by atoms with Gasteiger partial charge in [-0.2, -0.15) is 0 Å². The fourth-order valence-electron chi connectivity index (χ4n) is 4.11. The summed E-state index contributed by atoms with van der Waals surface area (Å²) in [5.41, 5.74) is 3.72. The molecule has 2 aromatic rings. The molecule has 168 valence electrons. The fraction of sp³-hybridized carbons (Fsp3) is 0.480. The molecule has 0 radical (unpaired) electrons. The Morgan fingerprint density at radius 1 is 0.968 bits per heavy atom. The Labute approximate surface area is 184 Å². The lowest BCUT2D eigenvalue weighted by Gasteiger charge is -2.21. The highest BCUT2D eigenvalue weighted by molar-refractivity contribution is 5.82. The van der Waals surface area contributed by atoms with E-state index in [-0.39, 0.29) is 11.3 Å². The molecule has 0 saturated carbocycles. The van der Waals surface area contributed by atoms with Crippen molar-refractivity contribution in [1.82, 2.24) is 0 Å². The second kappa shape index (κ2) is 10.1. The van der Waals surface area contributed by atoms with Gasteiger partial charge in [0.2, 0.25) is 11.2 Å². The summed E-state index contributed by atoms with van der Waals surface area (Å²) in [7, 11) is 6.43. The van der Waals surface area contributed by atoms with Gasteiger partial charge < -0.3 is 23.7 Å². The van der Waals surface area contributed by atoms with Crippen molar-refractivity contribution in [3.8, 4) is 34.1 Å². The molecule has 0 bridgehead atoms. The van der Waals surface area contributed by atoms with Crippen molar-refractivity contribution < 1.29 is 23.7 Å². The SMILES string of the molecule is COCC1CCc2cc(OC)c(OC)c(OCC(C)C)c2-c2ccc(OC)c(=O)cc21. The molecular weight excluding hydrogens is 396 g/mol. The lowest BCUT2D eigenvalue weighted by molar-refractivity contribution is 0.176. The number of fused-ring (bicyclic) bond motifs is 3. The third-order valence-corrected chi connectivity index (χ3v) is 5.57. The standard InChI is InChI=1S/C25H32O6/c1-15(2)13-31-25-23-16(11-22(29-5)24(25)30-6)7-8-17(14-27-3)19-12-20(26)21(28-4)10-9-18(19)23/h9-12,15,17H,7-8,13-14H2,1-6H3. The third-order valence-electron chi connectivity index (χ3n) is 5.57. The van der Waals surface area contributed by atoms with Crippen LogP contribution in [0.25, 0.3) is 11.1 Å². The van der Waals surface area contributed by atoms with Crippen LogP contribution >= 0.6 is 0 Å². The molecule has 1 atom stereocenters. The van der Waals surface area contributed by atoms with Gasteiger partial charge in [-0.1, -0.05) is 19.9 Å². The van der Waals surface area contributed by atoms with Crippen molar-refractivity contribution in [3.63, 3.8) is 0 Å². The van der Waals surface area contributed by atoms with E-state index in [0.717, 1.165) is 35.1 Å². The zero-order chi connectivity index (χ0) is 22.5. The van der Waals surface area contributed by atoms with Gasteiger partial charge in [0.25, 0.3) is 0 Å². The molecule has 6 heteroatoms. The summed E-state index contributed by atoms with van der Waals surface area (Å²) in [5.74, 6) is 2.52. The Bertz CT molecular complexity index is 983. The maximum Gasteiger partial charge on any atom is 0.220 e. The first-order valence-corrected chi connectivity index (χ1v) is 10.6. The van der Waals surface area contributed by atoms with E-state index in [1.54, 1.807) is 33.5 Å². The van der Waals surface area contributed by atoms with Gasteiger partial charge in [0.1, 0.15) is 0 Å². The van der Waals surface area contributed by atoms with Crippen LogP contribution in [0.5, 0.6) is 23.0 Å². The van der Waals surface area contributed by atoms with E-state index in [2.05, 4.69) is 13.8 Å². The average molecular weight is 429 g/mol. The summed E-state index contributed by atoms with van der Waals surface area (Å²) in [5, 5.41) is 0. The lowest BCUT2D eigenvalue weighted by atomic mass is 9.93. The average Bonchev–Trinajstić information content (AvgIpc) is 3.00. The third kappa shape index (κ3) is 4.64. The second-order valence-electron chi connectivity index (χ2n) is 8.15. The molecule has 0 aliphatic heterocycles. The van der Waals surface area contributed by atoms with Crippen LogP contribution in [0.3, 0.4) is 0 Å². The monoisotopic (exact) mass is 428 g/mol. The highest BCUT2D eigenvalue weighted by Crippen LogP contribution is 2.50. The van der Waals surface area contributed by atoms with Crippen LogP contribution < -0.4 is 24.4 Å². The molecule has 0 spiro atoms. The van der Waals surface area contributed by atoms with Crippen molar-refractivity contribution in [2.75, 3.05) is 41.7 Å². The van der Waals surface area contributed by atoms with Crippen molar-refractivity contribution >= 4 is 0 Å². The minimum Gasteiger partial charge on any atom is -0.493 e. The largest absolute Gasteiger partial charge is 0.493 e. The Morgan fingerprint density at radius 2 is 1.71 bits per heavy atom. The second-order valence-corrected chi connectivity index (χ2v) is 8.15. The number of aryl methyl sites for hydroxylation is 1. The van der Waals surface area contributed by atoms with Crippen molar-refractivity contribution in [3.05, 3.63) is 45.6 Å². The van der Waals surface area contributed by atoms with E-state index >= 15 is 0 Å². The van der Waals surface area contributed by atoms with Crippen LogP contribution in [0, 0.1) is 5.92 Å². The van der Waals surface area contributed by atoms with E-state index < -0.39 is 0 Å². The number of methoxy groups -OCH3 is 4. The summed E-state index contributed by atoms with van der Waals surface area (Å²) in [4.78, 5) is 12.8. The lowest BCUT2D eigenvalue weighted by Crippen LogP contribution is -2.09. The molecule has 0 amide bonds. The molecule has 0 aromatic heterocycles. The molecule has 31 heavy (non-hydrogen) atoms. The Balaban J connectivity index is 2.38. The van der Waals surface area contributed by atoms with Gasteiger partial charge >= 0.3 is 0 Å². The Morgan fingerprint density at radius 3 is 2.32 bits per heavy atom. The first-order valence-electron chi connectivity index (χ1n) is 10.6. The van der Waals surface area contributed by atoms with Crippen molar-refractivity contribution in [2.24, 2.45) is 5.92 Å². The van der Waals surface area contributed by atoms with Crippen LogP contribution in [-0.4, -0.2) is 41.7 Å². The number of rotatable bonds is 8. The van der Waals surface area contributed by atoms with Gasteiger partial charge in [-0.05, 0) is 53.6 Å². The summed E-state index contributed by atoms with van der Waals surface area (Å²) >= 11 is 0. The first-order chi connectivity index (χ1) is 14.9. The summed E-state index contributed by atoms with van der Waals surface area (Å²) < 4.78 is 28.5. The Kier molecular flexibility index (Phi) is 7.44. The maximum atomic E-state index is 12.8. The van der Waals surface area contributed by atoms with E-state index in [9.17, 15) is 4.79 Å². The highest BCUT2D eigenvalue weighted by Gasteiger charge is 2.29. The molecule has 0 fully saturated rings. The zero-order valence-electron chi connectivity index (χ0n) is 19.2. The van der Waals surface area contributed by atoms with E-state index in [4.69, 9.17) is 23.7 Å². The van der Waals surface area contributed by atoms with Gasteiger partial charge in [0.05, 0.1) is 34.5 Å². The van der Waals surface area contributed by atoms with Crippen LogP contribution in [0.1, 0.15) is 37.3 Å². The highest BCUT2D eigenvalue weighted by atomic mass is 16.5. The first kappa shape index (κ1) is 22.9. The zero-order valence-corrected chi connectivity index (χ0v) is 19.2. The predicted molar refractivity (Wildman–Crippen MR) is 121 cm³/mol.